The molecule has 0 saturated heterocycles. The highest BCUT2D eigenvalue weighted by atomic mass is 32.2. The summed E-state index contributed by atoms with van der Waals surface area (Å²) < 4.78 is 0.167. The van der Waals surface area contributed by atoms with E-state index in [9.17, 15) is 0 Å². The van der Waals surface area contributed by atoms with Gasteiger partial charge in [0.25, 0.3) is 0 Å². The molecule has 1 aromatic rings. The molecule has 0 aromatic heterocycles. The molecule has 1 atom stereocenters. The zero-order chi connectivity index (χ0) is 10.3. The maximum atomic E-state index is 6.27. The fraction of sp³-hybridized carbons (Fsp3) is 0.500. The molecule has 0 amide bonds. The summed E-state index contributed by atoms with van der Waals surface area (Å²) in [5, 5.41) is 0. The molecule has 2 N–H and O–H groups in total. The number of hydrogen-bond donors (Lipinski definition) is 1. The van der Waals surface area contributed by atoms with Gasteiger partial charge in [0.15, 0.2) is 0 Å². The van der Waals surface area contributed by atoms with Gasteiger partial charge in [-0.25, -0.2) is 0 Å². The second-order valence-corrected chi connectivity index (χ2v) is 6.20. The Bertz CT molecular complexity index is 357. The monoisotopic (exact) mass is 207 g/mol. The van der Waals surface area contributed by atoms with Crippen LogP contribution >= 0.6 is 11.8 Å². The van der Waals surface area contributed by atoms with Crippen LogP contribution in [0.4, 0.5) is 0 Å². The summed E-state index contributed by atoms with van der Waals surface area (Å²) in [7, 11) is 0. The molecule has 1 aliphatic rings. The van der Waals surface area contributed by atoms with E-state index in [2.05, 4.69) is 39.0 Å². The van der Waals surface area contributed by atoms with Gasteiger partial charge in [0, 0.05) is 16.5 Å². The lowest BCUT2D eigenvalue weighted by Crippen LogP contribution is -2.36. The Morgan fingerprint density at radius 1 is 1.43 bits per heavy atom. The molecule has 2 heteroatoms. The number of fused-ring (bicyclic) bond motifs is 1. The zero-order valence-corrected chi connectivity index (χ0v) is 9.82. The minimum absolute atomic E-state index is 0.163. The molecule has 0 saturated carbocycles. The van der Waals surface area contributed by atoms with E-state index in [1.54, 1.807) is 0 Å². The van der Waals surface area contributed by atoms with Crippen molar-refractivity contribution in [2.75, 3.05) is 0 Å². The predicted octanol–water partition coefficient (Wildman–Crippen LogP) is 3.02. The van der Waals surface area contributed by atoms with Crippen molar-refractivity contribution >= 4 is 11.8 Å². The van der Waals surface area contributed by atoms with Crippen molar-refractivity contribution in [1.29, 1.82) is 0 Å². The van der Waals surface area contributed by atoms with Crippen LogP contribution in [0.2, 0.25) is 0 Å². The molecule has 1 unspecified atom stereocenters. The first-order chi connectivity index (χ1) is 6.50. The molecule has 1 heterocycles. The summed E-state index contributed by atoms with van der Waals surface area (Å²) in [5.41, 5.74) is 10.3. The summed E-state index contributed by atoms with van der Waals surface area (Å²) in [6, 6.07) is 6.79. The maximum absolute atomic E-state index is 6.27. The molecule has 0 spiro atoms. The zero-order valence-electron chi connectivity index (χ0n) is 9.00. The Kier molecular flexibility index (Phi) is 2.36. The Morgan fingerprint density at radius 3 is 2.86 bits per heavy atom. The molecule has 1 nitrogen and oxygen atoms in total. The van der Waals surface area contributed by atoms with Crippen LogP contribution in [0, 0.1) is 6.92 Å². The van der Waals surface area contributed by atoms with E-state index in [0.717, 1.165) is 5.75 Å². The van der Waals surface area contributed by atoms with Crippen LogP contribution in [0.5, 0.6) is 0 Å². The van der Waals surface area contributed by atoms with Crippen LogP contribution in [0.25, 0.3) is 0 Å². The van der Waals surface area contributed by atoms with Gasteiger partial charge < -0.3 is 5.73 Å². The molecular weight excluding hydrogens is 190 g/mol. The highest BCUT2D eigenvalue weighted by Crippen LogP contribution is 2.44. The van der Waals surface area contributed by atoms with Crippen LogP contribution in [-0.4, -0.2) is 4.75 Å². The first-order valence-electron chi connectivity index (χ1n) is 5.00. The van der Waals surface area contributed by atoms with Gasteiger partial charge >= 0.3 is 0 Å². The van der Waals surface area contributed by atoms with Gasteiger partial charge in [-0.2, -0.15) is 0 Å². The van der Waals surface area contributed by atoms with E-state index in [1.165, 1.54) is 16.7 Å². The topological polar surface area (TPSA) is 26.0 Å². The maximum Gasteiger partial charge on any atom is 0.0442 e. The van der Waals surface area contributed by atoms with E-state index >= 15 is 0 Å². The van der Waals surface area contributed by atoms with Crippen molar-refractivity contribution in [3.63, 3.8) is 0 Å². The minimum atomic E-state index is 0.163. The molecule has 0 radical (unpaired) electrons. The van der Waals surface area contributed by atoms with Crippen LogP contribution in [0.3, 0.4) is 0 Å². The lowest BCUT2D eigenvalue weighted by molar-refractivity contribution is 0.551. The number of rotatable bonds is 0. The normalized spacial score (nSPS) is 24.4. The minimum Gasteiger partial charge on any atom is -0.323 e. The predicted molar refractivity (Wildman–Crippen MR) is 63.5 cm³/mol. The Morgan fingerprint density at radius 2 is 2.14 bits per heavy atom. The van der Waals surface area contributed by atoms with Gasteiger partial charge in [-0.05, 0) is 31.9 Å². The summed E-state index contributed by atoms with van der Waals surface area (Å²) in [4.78, 5) is 0. The Balaban J connectivity index is 2.48. The summed E-state index contributed by atoms with van der Waals surface area (Å²) >= 11 is 1.95. The smallest absolute Gasteiger partial charge is 0.0442 e. The molecule has 1 aromatic carbocycles. The summed E-state index contributed by atoms with van der Waals surface area (Å²) in [6.07, 6.45) is 0. The van der Waals surface area contributed by atoms with Crippen molar-refractivity contribution in [3.05, 3.63) is 34.9 Å². The molecular formula is C12H17NS. The molecule has 14 heavy (non-hydrogen) atoms. The van der Waals surface area contributed by atoms with Gasteiger partial charge in [-0.15, -0.1) is 11.8 Å². The van der Waals surface area contributed by atoms with Gasteiger partial charge in [-0.3, -0.25) is 0 Å². The van der Waals surface area contributed by atoms with Crippen LogP contribution in [-0.2, 0) is 5.75 Å². The Labute approximate surface area is 90.1 Å². The second-order valence-electron chi connectivity index (χ2n) is 4.57. The molecule has 1 aliphatic heterocycles. The van der Waals surface area contributed by atoms with Crippen molar-refractivity contribution in [2.24, 2.45) is 5.73 Å². The fourth-order valence-electron chi connectivity index (χ4n) is 1.86. The molecule has 2 rings (SSSR count). The molecule has 0 aliphatic carbocycles. The van der Waals surface area contributed by atoms with Crippen molar-refractivity contribution < 1.29 is 0 Å². The summed E-state index contributed by atoms with van der Waals surface area (Å²) in [5.74, 6) is 1.09. The average Bonchev–Trinajstić information content (AvgIpc) is 2.13. The van der Waals surface area contributed by atoms with Gasteiger partial charge in [0.2, 0.25) is 0 Å². The lowest BCUT2D eigenvalue weighted by Gasteiger charge is -2.37. The highest BCUT2D eigenvalue weighted by molar-refractivity contribution is 7.99. The second kappa shape index (κ2) is 3.28. The standard InChI is InChI=1S/C12H17NS/c1-8-4-5-9-7-14-12(2,3)11(13)10(9)6-8/h4-6,11H,7,13H2,1-3H3. The first-order valence-corrected chi connectivity index (χ1v) is 5.98. The van der Waals surface area contributed by atoms with E-state index in [4.69, 9.17) is 5.73 Å². The van der Waals surface area contributed by atoms with E-state index in [0.29, 0.717) is 0 Å². The van der Waals surface area contributed by atoms with E-state index in [1.807, 2.05) is 11.8 Å². The first kappa shape index (κ1) is 10.1. The molecule has 0 bridgehead atoms. The van der Waals surface area contributed by atoms with Crippen molar-refractivity contribution in [3.8, 4) is 0 Å². The van der Waals surface area contributed by atoms with Crippen molar-refractivity contribution in [1.82, 2.24) is 0 Å². The number of benzene rings is 1. The number of nitrogens with two attached hydrogens (primary N) is 1. The number of hydrogen-bond acceptors (Lipinski definition) is 2. The van der Waals surface area contributed by atoms with Crippen LogP contribution < -0.4 is 5.73 Å². The van der Waals surface area contributed by atoms with Crippen LogP contribution in [0.1, 0.15) is 36.6 Å². The Hall–Kier alpha value is -0.470. The average molecular weight is 207 g/mol. The number of aryl methyl sites for hydroxylation is 1. The third-order valence-corrected chi connectivity index (χ3v) is 4.44. The van der Waals surface area contributed by atoms with Gasteiger partial charge in [0.1, 0.15) is 0 Å². The van der Waals surface area contributed by atoms with Gasteiger partial charge in [0.05, 0.1) is 0 Å². The lowest BCUT2D eigenvalue weighted by atomic mass is 9.91. The quantitative estimate of drug-likeness (QED) is 0.707. The van der Waals surface area contributed by atoms with Gasteiger partial charge in [-0.1, -0.05) is 23.8 Å². The number of thioether (sulfide) groups is 1. The largest absolute Gasteiger partial charge is 0.323 e. The van der Waals surface area contributed by atoms with Crippen LogP contribution in [0.15, 0.2) is 18.2 Å². The molecule has 0 fully saturated rings. The third kappa shape index (κ3) is 1.57. The summed E-state index contributed by atoms with van der Waals surface area (Å²) in [6.45, 7) is 6.59. The molecule has 76 valence electrons. The van der Waals surface area contributed by atoms with E-state index in [-0.39, 0.29) is 10.8 Å². The third-order valence-electron chi connectivity index (χ3n) is 2.99. The SMILES string of the molecule is Cc1ccc2c(c1)C(N)C(C)(C)SC2. The fourth-order valence-corrected chi connectivity index (χ4v) is 2.96. The van der Waals surface area contributed by atoms with E-state index < -0.39 is 0 Å². The highest BCUT2D eigenvalue weighted by Gasteiger charge is 2.33. The van der Waals surface area contributed by atoms with Crippen molar-refractivity contribution in [2.45, 2.75) is 37.3 Å².